The zero-order valence-electron chi connectivity index (χ0n) is 6.99. The van der Waals surface area contributed by atoms with Gasteiger partial charge in [-0.2, -0.15) is 0 Å². The molecule has 1 heterocycles. The van der Waals surface area contributed by atoms with E-state index in [2.05, 4.69) is 0 Å². The van der Waals surface area contributed by atoms with Gasteiger partial charge >= 0.3 is 0 Å². The molecule has 1 saturated carbocycles. The Morgan fingerprint density at radius 2 is 2.08 bits per heavy atom. The summed E-state index contributed by atoms with van der Waals surface area (Å²) < 4.78 is 22.2. The number of aliphatic hydroxyl groups is 1. The van der Waals surface area contributed by atoms with Crippen molar-refractivity contribution in [1.82, 2.24) is 0 Å². The van der Waals surface area contributed by atoms with Crippen LogP contribution < -0.4 is 0 Å². The van der Waals surface area contributed by atoms with Gasteiger partial charge in [-0.1, -0.05) is 12.8 Å². The lowest BCUT2D eigenvalue weighted by Gasteiger charge is -2.19. The highest BCUT2D eigenvalue weighted by molar-refractivity contribution is 7.91. The van der Waals surface area contributed by atoms with Gasteiger partial charge in [-0.05, 0) is 18.8 Å². The Bertz CT molecular complexity index is 279. The summed E-state index contributed by atoms with van der Waals surface area (Å²) in [5.41, 5.74) is -0.875. The topological polar surface area (TPSA) is 54.4 Å². The quantitative estimate of drug-likeness (QED) is 0.683. The summed E-state index contributed by atoms with van der Waals surface area (Å²) in [5, 5.41) is 9.86. The summed E-state index contributed by atoms with van der Waals surface area (Å²) in [4.78, 5) is 0. The molecule has 3 nitrogen and oxygen atoms in total. The Balaban J connectivity index is 2.03. The summed E-state index contributed by atoms with van der Waals surface area (Å²) in [5.74, 6) is 0.774. The van der Waals surface area contributed by atoms with E-state index in [1.54, 1.807) is 0 Å². The molecule has 0 spiro atoms. The Hall–Kier alpha value is -0.0900. The Labute approximate surface area is 72.7 Å². The van der Waals surface area contributed by atoms with Crippen LogP contribution in [-0.4, -0.2) is 30.6 Å². The van der Waals surface area contributed by atoms with Gasteiger partial charge in [-0.15, -0.1) is 0 Å². The predicted molar refractivity (Wildman–Crippen MR) is 45.6 cm³/mol. The van der Waals surface area contributed by atoms with E-state index in [1.807, 2.05) is 0 Å². The molecule has 1 unspecified atom stereocenters. The number of hydrogen-bond donors (Lipinski definition) is 1. The third-order valence-corrected chi connectivity index (χ3v) is 4.54. The van der Waals surface area contributed by atoms with Gasteiger partial charge < -0.3 is 5.11 Å². The van der Waals surface area contributed by atoms with Crippen molar-refractivity contribution in [3.8, 4) is 0 Å². The fourth-order valence-corrected chi connectivity index (χ4v) is 3.84. The molecule has 2 rings (SSSR count). The van der Waals surface area contributed by atoms with Gasteiger partial charge in [0.15, 0.2) is 9.84 Å². The van der Waals surface area contributed by atoms with E-state index < -0.39 is 15.4 Å². The highest BCUT2D eigenvalue weighted by Gasteiger charge is 2.43. The Kier molecular flexibility index (Phi) is 1.74. The van der Waals surface area contributed by atoms with Crippen LogP contribution in [0.4, 0.5) is 0 Å². The second-order valence-corrected chi connectivity index (χ2v) is 6.40. The van der Waals surface area contributed by atoms with E-state index in [1.165, 1.54) is 12.8 Å². The molecule has 2 fully saturated rings. The zero-order chi connectivity index (χ0) is 8.82. The van der Waals surface area contributed by atoms with Crippen molar-refractivity contribution in [3.63, 3.8) is 0 Å². The molecule has 1 aliphatic heterocycles. The number of rotatable bonds is 2. The lowest BCUT2D eigenvalue weighted by Crippen LogP contribution is -2.30. The monoisotopic (exact) mass is 190 g/mol. The molecule has 4 heteroatoms. The van der Waals surface area contributed by atoms with Crippen molar-refractivity contribution < 1.29 is 13.5 Å². The first-order chi connectivity index (χ1) is 5.49. The summed E-state index contributed by atoms with van der Waals surface area (Å²) in [6.45, 7) is 0. The van der Waals surface area contributed by atoms with E-state index in [4.69, 9.17) is 0 Å². The summed E-state index contributed by atoms with van der Waals surface area (Å²) in [6.07, 6.45) is 3.49. The van der Waals surface area contributed by atoms with Gasteiger partial charge in [0.2, 0.25) is 0 Å². The SMILES string of the molecule is O=S1(=O)CCC(O)(CC2CC2)C1. The molecule has 12 heavy (non-hydrogen) atoms. The minimum Gasteiger partial charge on any atom is -0.389 e. The van der Waals surface area contributed by atoms with Crippen LogP contribution in [-0.2, 0) is 9.84 Å². The number of sulfone groups is 1. The number of hydrogen-bond acceptors (Lipinski definition) is 3. The fourth-order valence-electron chi connectivity index (χ4n) is 1.92. The average molecular weight is 190 g/mol. The maximum Gasteiger partial charge on any atom is 0.153 e. The largest absolute Gasteiger partial charge is 0.389 e. The molecule has 70 valence electrons. The molecule has 1 aliphatic carbocycles. The van der Waals surface area contributed by atoms with Crippen LogP contribution in [0.25, 0.3) is 0 Å². The molecule has 0 bridgehead atoms. The predicted octanol–water partition coefficient (Wildman–Crippen LogP) is 0.336. The van der Waals surface area contributed by atoms with Crippen LogP contribution in [0.5, 0.6) is 0 Å². The Morgan fingerprint density at radius 1 is 1.42 bits per heavy atom. The standard InChI is InChI=1S/C8H14O3S/c9-8(5-7-1-2-7)3-4-12(10,11)6-8/h7,9H,1-6H2. The van der Waals surface area contributed by atoms with Crippen LogP contribution >= 0.6 is 0 Å². The fraction of sp³-hybridized carbons (Fsp3) is 1.00. The lowest BCUT2D eigenvalue weighted by molar-refractivity contribution is 0.0527. The molecular formula is C8H14O3S. The highest BCUT2D eigenvalue weighted by atomic mass is 32.2. The van der Waals surface area contributed by atoms with Gasteiger partial charge in [0, 0.05) is 0 Å². The molecule has 0 aromatic heterocycles. The van der Waals surface area contributed by atoms with Crippen molar-refractivity contribution >= 4 is 9.84 Å². The van der Waals surface area contributed by atoms with Crippen LogP contribution in [0.1, 0.15) is 25.7 Å². The van der Waals surface area contributed by atoms with Crippen molar-refractivity contribution in [2.75, 3.05) is 11.5 Å². The van der Waals surface area contributed by atoms with Crippen LogP contribution in [0.2, 0.25) is 0 Å². The highest BCUT2D eigenvalue weighted by Crippen LogP contribution is 2.40. The van der Waals surface area contributed by atoms with Crippen LogP contribution in [0.15, 0.2) is 0 Å². The first-order valence-electron chi connectivity index (χ1n) is 4.42. The van der Waals surface area contributed by atoms with Crippen molar-refractivity contribution in [2.45, 2.75) is 31.3 Å². The summed E-state index contributed by atoms with van der Waals surface area (Å²) in [6, 6.07) is 0. The minimum atomic E-state index is -2.92. The smallest absolute Gasteiger partial charge is 0.153 e. The van der Waals surface area contributed by atoms with Crippen molar-refractivity contribution in [1.29, 1.82) is 0 Å². The molecule has 2 aliphatic rings. The van der Waals surface area contributed by atoms with E-state index >= 15 is 0 Å². The molecule has 0 aromatic carbocycles. The molecule has 1 atom stereocenters. The van der Waals surface area contributed by atoms with E-state index in [0.717, 1.165) is 0 Å². The van der Waals surface area contributed by atoms with Gasteiger partial charge in [-0.3, -0.25) is 0 Å². The first-order valence-corrected chi connectivity index (χ1v) is 6.24. The normalized spacial score (nSPS) is 40.1. The second-order valence-electron chi connectivity index (χ2n) is 4.21. The van der Waals surface area contributed by atoms with Crippen LogP contribution in [0.3, 0.4) is 0 Å². The van der Waals surface area contributed by atoms with Gasteiger partial charge in [0.05, 0.1) is 17.1 Å². The molecule has 0 aromatic rings. The average Bonchev–Trinajstić information content (AvgIpc) is 2.62. The first kappa shape index (κ1) is 8.51. The lowest BCUT2D eigenvalue weighted by atomic mass is 9.96. The van der Waals surface area contributed by atoms with Gasteiger partial charge in [0.25, 0.3) is 0 Å². The maximum absolute atomic E-state index is 11.1. The van der Waals surface area contributed by atoms with Crippen molar-refractivity contribution in [2.24, 2.45) is 5.92 Å². The molecular weight excluding hydrogens is 176 g/mol. The van der Waals surface area contributed by atoms with E-state index in [9.17, 15) is 13.5 Å². The molecule has 1 saturated heterocycles. The maximum atomic E-state index is 11.1. The van der Waals surface area contributed by atoms with Gasteiger partial charge in [0.1, 0.15) is 0 Å². The van der Waals surface area contributed by atoms with Gasteiger partial charge in [-0.25, -0.2) is 8.42 Å². The summed E-state index contributed by atoms with van der Waals surface area (Å²) >= 11 is 0. The van der Waals surface area contributed by atoms with E-state index in [0.29, 0.717) is 18.8 Å². The molecule has 0 amide bonds. The second kappa shape index (κ2) is 2.45. The summed E-state index contributed by atoms with van der Waals surface area (Å²) in [7, 11) is -2.92. The van der Waals surface area contributed by atoms with E-state index in [-0.39, 0.29) is 11.5 Å². The third kappa shape index (κ3) is 1.80. The third-order valence-electron chi connectivity index (χ3n) is 2.73. The zero-order valence-corrected chi connectivity index (χ0v) is 7.81. The molecule has 1 N–H and O–H groups in total. The Morgan fingerprint density at radius 3 is 2.50 bits per heavy atom. The van der Waals surface area contributed by atoms with Crippen LogP contribution in [0, 0.1) is 5.92 Å². The molecule has 0 radical (unpaired) electrons. The van der Waals surface area contributed by atoms with Crippen molar-refractivity contribution in [3.05, 3.63) is 0 Å². The minimum absolute atomic E-state index is 0.00347.